The Balaban J connectivity index is 1.49. The number of amides is 1. The fraction of sp³-hybridized carbons (Fsp3) is 0.278. The molecule has 0 aliphatic carbocycles. The molecule has 4 heteroatoms. The van der Waals surface area contributed by atoms with E-state index in [0.717, 1.165) is 23.4 Å². The zero-order valence-electron chi connectivity index (χ0n) is 12.3. The second-order valence-corrected chi connectivity index (χ2v) is 5.33. The minimum Gasteiger partial charge on any atom is -0.494 e. The van der Waals surface area contributed by atoms with Gasteiger partial charge in [0.25, 0.3) is 0 Å². The first-order valence-electron chi connectivity index (χ1n) is 7.51. The molecule has 0 spiro atoms. The number of para-hydroxylation sites is 1. The molecular weight excluding hydrogens is 281 g/mol. The van der Waals surface area contributed by atoms with Crippen molar-refractivity contribution in [2.24, 2.45) is 0 Å². The van der Waals surface area contributed by atoms with Crippen LogP contribution in [0.3, 0.4) is 0 Å². The van der Waals surface area contributed by atoms with Crippen LogP contribution >= 0.6 is 0 Å². The fourth-order valence-corrected chi connectivity index (χ4v) is 2.69. The van der Waals surface area contributed by atoms with Gasteiger partial charge in [0.1, 0.15) is 11.6 Å². The molecule has 3 rings (SSSR count). The van der Waals surface area contributed by atoms with Crippen LogP contribution in [0.1, 0.15) is 18.4 Å². The number of rotatable bonds is 5. The number of ether oxygens (including phenoxy) is 1. The SMILES string of the molecule is O=C(CCCOc1ccccc1)N1CCc2cc(F)ccc21. The molecule has 0 bridgehead atoms. The number of fused-ring (bicyclic) bond motifs is 1. The standard InChI is InChI=1S/C18H18FNO2/c19-15-8-9-17-14(13-15)10-11-20(17)18(21)7-4-12-22-16-5-2-1-3-6-16/h1-3,5-6,8-9,13H,4,7,10-12H2. The Morgan fingerprint density at radius 3 is 2.82 bits per heavy atom. The van der Waals surface area contributed by atoms with Crippen LogP contribution in [0.4, 0.5) is 10.1 Å². The van der Waals surface area contributed by atoms with Gasteiger partial charge in [0, 0.05) is 18.7 Å². The van der Waals surface area contributed by atoms with Gasteiger partial charge in [-0.15, -0.1) is 0 Å². The topological polar surface area (TPSA) is 29.5 Å². The summed E-state index contributed by atoms with van der Waals surface area (Å²) in [5.41, 5.74) is 1.75. The molecule has 2 aromatic rings. The molecule has 0 fully saturated rings. The van der Waals surface area contributed by atoms with Crippen LogP contribution in [0.25, 0.3) is 0 Å². The predicted octanol–water partition coefficient (Wildman–Crippen LogP) is 3.57. The van der Waals surface area contributed by atoms with Crippen molar-refractivity contribution < 1.29 is 13.9 Å². The van der Waals surface area contributed by atoms with Gasteiger partial charge in [-0.3, -0.25) is 4.79 Å². The minimum absolute atomic E-state index is 0.0713. The van der Waals surface area contributed by atoms with Crippen LogP contribution in [0.2, 0.25) is 0 Å². The number of nitrogens with zero attached hydrogens (tertiary/aromatic N) is 1. The monoisotopic (exact) mass is 299 g/mol. The van der Waals surface area contributed by atoms with Crippen LogP contribution < -0.4 is 9.64 Å². The largest absolute Gasteiger partial charge is 0.494 e. The van der Waals surface area contributed by atoms with E-state index in [0.29, 0.717) is 26.0 Å². The molecule has 22 heavy (non-hydrogen) atoms. The molecule has 0 N–H and O–H groups in total. The van der Waals surface area contributed by atoms with Gasteiger partial charge in [-0.1, -0.05) is 18.2 Å². The summed E-state index contributed by atoms with van der Waals surface area (Å²) in [4.78, 5) is 14.0. The van der Waals surface area contributed by atoms with Gasteiger partial charge in [0.15, 0.2) is 0 Å². The third kappa shape index (κ3) is 3.27. The molecule has 0 aromatic heterocycles. The maximum absolute atomic E-state index is 13.2. The van der Waals surface area contributed by atoms with Gasteiger partial charge in [0.05, 0.1) is 6.61 Å². The van der Waals surface area contributed by atoms with E-state index in [2.05, 4.69) is 0 Å². The van der Waals surface area contributed by atoms with E-state index in [4.69, 9.17) is 4.74 Å². The highest BCUT2D eigenvalue weighted by molar-refractivity contribution is 5.95. The molecule has 1 aliphatic heterocycles. The van der Waals surface area contributed by atoms with Crippen LogP contribution in [-0.4, -0.2) is 19.1 Å². The highest BCUT2D eigenvalue weighted by Gasteiger charge is 2.24. The van der Waals surface area contributed by atoms with E-state index in [-0.39, 0.29) is 11.7 Å². The third-order valence-electron chi connectivity index (χ3n) is 3.79. The molecule has 0 atom stereocenters. The van der Waals surface area contributed by atoms with Gasteiger partial charge in [-0.2, -0.15) is 0 Å². The van der Waals surface area contributed by atoms with Crippen LogP contribution in [0, 0.1) is 5.82 Å². The van der Waals surface area contributed by atoms with E-state index < -0.39 is 0 Å². The minimum atomic E-state index is -0.246. The van der Waals surface area contributed by atoms with Crippen molar-refractivity contribution in [3.05, 3.63) is 59.9 Å². The van der Waals surface area contributed by atoms with E-state index in [1.54, 1.807) is 11.0 Å². The smallest absolute Gasteiger partial charge is 0.227 e. The van der Waals surface area contributed by atoms with Crippen LogP contribution in [-0.2, 0) is 11.2 Å². The molecular formula is C18H18FNO2. The van der Waals surface area contributed by atoms with E-state index >= 15 is 0 Å². The Labute approximate surface area is 129 Å². The molecule has 3 nitrogen and oxygen atoms in total. The van der Waals surface area contributed by atoms with Crippen LogP contribution in [0.15, 0.2) is 48.5 Å². The number of hydrogen-bond donors (Lipinski definition) is 0. The molecule has 0 saturated heterocycles. The van der Waals surface area contributed by atoms with Gasteiger partial charge in [-0.25, -0.2) is 4.39 Å². The Morgan fingerprint density at radius 1 is 1.18 bits per heavy atom. The van der Waals surface area contributed by atoms with Crippen LogP contribution in [0.5, 0.6) is 5.75 Å². The molecule has 0 saturated carbocycles. The lowest BCUT2D eigenvalue weighted by atomic mass is 10.1. The van der Waals surface area contributed by atoms with E-state index in [1.165, 1.54) is 12.1 Å². The first-order valence-corrected chi connectivity index (χ1v) is 7.51. The van der Waals surface area contributed by atoms with E-state index in [9.17, 15) is 9.18 Å². The highest BCUT2D eigenvalue weighted by Crippen LogP contribution is 2.29. The van der Waals surface area contributed by atoms with Crippen molar-refractivity contribution in [2.75, 3.05) is 18.1 Å². The zero-order valence-corrected chi connectivity index (χ0v) is 12.3. The number of benzene rings is 2. The third-order valence-corrected chi connectivity index (χ3v) is 3.79. The average molecular weight is 299 g/mol. The van der Waals surface area contributed by atoms with Crippen molar-refractivity contribution in [1.29, 1.82) is 0 Å². The molecule has 1 heterocycles. The Kier molecular flexibility index (Phi) is 4.37. The number of halogens is 1. The maximum Gasteiger partial charge on any atom is 0.227 e. The van der Waals surface area contributed by atoms with Crippen molar-refractivity contribution in [1.82, 2.24) is 0 Å². The summed E-state index contributed by atoms with van der Waals surface area (Å²) < 4.78 is 18.8. The number of anilines is 1. The normalized spacial score (nSPS) is 13.0. The Bertz CT molecular complexity index is 657. The molecule has 0 radical (unpaired) electrons. The molecule has 114 valence electrons. The summed E-state index contributed by atoms with van der Waals surface area (Å²) >= 11 is 0. The first-order chi connectivity index (χ1) is 10.7. The zero-order chi connectivity index (χ0) is 15.4. The summed E-state index contributed by atoms with van der Waals surface area (Å²) in [6.07, 6.45) is 1.82. The highest BCUT2D eigenvalue weighted by atomic mass is 19.1. The maximum atomic E-state index is 13.2. The van der Waals surface area contributed by atoms with Gasteiger partial charge >= 0.3 is 0 Å². The second kappa shape index (κ2) is 6.60. The van der Waals surface area contributed by atoms with Crippen molar-refractivity contribution in [3.63, 3.8) is 0 Å². The number of hydrogen-bond acceptors (Lipinski definition) is 2. The summed E-state index contributed by atoms with van der Waals surface area (Å²) in [7, 11) is 0. The first kappa shape index (κ1) is 14.6. The number of carbonyl (C=O) groups is 1. The second-order valence-electron chi connectivity index (χ2n) is 5.33. The van der Waals surface area contributed by atoms with Crippen molar-refractivity contribution in [2.45, 2.75) is 19.3 Å². The Morgan fingerprint density at radius 2 is 2.00 bits per heavy atom. The lowest BCUT2D eigenvalue weighted by Crippen LogP contribution is -2.28. The van der Waals surface area contributed by atoms with Gasteiger partial charge in [-0.05, 0) is 48.7 Å². The summed E-state index contributed by atoms with van der Waals surface area (Å²) in [5.74, 6) is 0.642. The van der Waals surface area contributed by atoms with Gasteiger partial charge in [0.2, 0.25) is 5.91 Å². The molecule has 0 unspecified atom stereocenters. The number of carbonyl (C=O) groups excluding carboxylic acids is 1. The van der Waals surface area contributed by atoms with E-state index in [1.807, 2.05) is 30.3 Å². The van der Waals surface area contributed by atoms with Gasteiger partial charge < -0.3 is 9.64 Å². The predicted molar refractivity (Wildman–Crippen MR) is 83.6 cm³/mol. The summed E-state index contributed by atoms with van der Waals surface area (Å²) in [6.45, 7) is 1.15. The summed E-state index contributed by atoms with van der Waals surface area (Å²) in [6, 6.07) is 14.2. The molecule has 1 aliphatic rings. The molecule has 1 amide bonds. The lowest BCUT2D eigenvalue weighted by Gasteiger charge is -2.17. The lowest BCUT2D eigenvalue weighted by molar-refractivity contribution is -0.118. The molecule has 2 aromatic carbocycles. The average Bonchev–Trinajstić information content (AvgIpc) is 2.95. The summed E-state index contributed by atoms with van der Waals surface area (Å²) in [5, 5.41) is 0. The quantitative estimate of drug-likeness (QED) is 0.790. The van der Waals surface area contributed by atoms with Crippen molar-refractivity contribution >= 4 is 11.6 Å². The fourth-order valence-electron chi connectivity index (χ4n) is 2.69. The van der Waals surface area contributed by atoms with Crippen molar-refractivity contribution in [3.8, 4) is 5.75 Å². The Hall–Kier alpha value is -2.36.